The molecule has 1 aromatic carbocycles. The predicted molar refractivity (Wildman–Crippen MR) is 107 cm³/mol. The van der Waals surface area contributed by atoms with Gasteiger partial charge in [0.1, 0.15) is 0 Å². The molecule has 1 atom stereocenters. The van der Waals surface area contributed by atoms with E-state index in [2.05, 4.69) is 20.9 Å². The molecule has 27 heavy (non-hydrogen) atoms. The summed E-state index contributed by atoms with van der Waals surface area (Å²) in [6.07, 6.45) is 2.23. The van der Waals surface area contributed by atoms with E-state index in [-0.39, 0.29) is 12.0 Å². The molecule has 0 aliphatic carbocycles. The Bertz CT molecular complexity index is 601. The number of hydrogen-bond donors (Lipinski definition) is 3. The Morgan fingerprint density at radius 1 is 1.30 bits per heavy atom. The highest BCUT2D eigenvalue weighted by Gasteiger charge is 2.16. The van der Waals surface area contributed by atoms with Crippen LogP contribution in [0.15, 0.2) is 29.3 Å². The number of nitrogens with zero attached hydrogens (tertiary/aromatic N) is 1. The van der Waals surface area contributed by atoms with Crippen LogP contribution in [0.2, 0.25) is 0 Å². The zero-order valence-electron chi connectivity index (χ0n) is 16.4. The summed E-state index contributed by atoms with van der Waals surface area (Å²) in [5.41, 5.74) is 1.64. The molecule has 1 aromatic rings. The molecule has 1 saturated heterocycles. The second kappa shape index (κ2) is 12.3. The highest BCUT2D eigenvalue weighted by atomic mass is 16.5. The van der Waals surface area contributed by atoms with Crippen molar-refractivity contribution in [1.29, 1.82) is 0 Å². The summed E-state index contributed by atoms with van der Waals surface area (Å²) < 4.78 is 10.9. The Morgan fingerprint density at radius 3 is 2.93 bits per heavy atom. The topological polar surface area (TPSA) is 84.0 Å². The lowest BCUT2D eigenvalue weighted by atomic mass is 10.1. The molecule has 1 amide bonds. The summed E-state index contributed by atoms with van der Waals surface area (Å²) in [7, 11) is 0. The van der Waals surface area contributed by atoms with E-state index in [0.29, 0.717) is 38.4 Å². The van der Waals surface area contributed by atoms with Gasteiger partial charge in [0, 0.05) is 38.4 Å². The minimum Gasteiger partial charge on any atom is -0.380 e. The van der Waals surface area contributed by atoms with E-state index in [9.17, 15) is 4.79 Å². The number of amides is 1. The third-order valence-electron chi connectivity index (χ3n) is 4.21. The Balaban J connectivity index is 1.87. The first-order valence-electron chi connectivity index (χ1n) is 9.81. The molecule has 2 rings (SSSR count). The molecule has 1 aliphatic rings. The fourth-order valence-corrected chi connectivity index (χ4v) is 2.82. The van der Waals surface area contributed by atoms with Crippen LogP contribution in [0.5, 0.6) is 0 Å². The number of carbonyl (C=O) groups is 1. The zero-order chi connectivity index (χ0) is 19.3. The molecular weight excluding hydrogens is 344 g/mol. The molecule has 7 heteroatoms. The van der Waals surface area contributed by atoms with E-state index < -0.39 is 0 Å². The maximum atomic E-state index is 12.4. The maximum absolute atomic E-state index is 12.4. The number of nitrogens with one attached hydrogen (secondary N) is 3. The van der Waals surface area contributed by atoms with Gasteiger partial charge in [0.2, 0.25) is 0 Å². The largest absolute Gasteiger partial charge is 0.380 e. The van der Waals surface area contributed by atoms with Crippen molar-refractivity contribution in [1.82, 2.24) is 16.0 Å². The number of aliphatic imine (C=N–C) groups is 1. The summed E-state index contributed by atoms with van der Waals surface area (Å²) in [5, 5.41) is 9.40. The molecule has 1 unspecified atom stereocenters. The molecule has 1 heterocycles. The van der Waals surface area contributed by atoms with Crippen molar-refractivity contribution in [2.45, 2.75) is 39.3 Å². The molecule has 1 aliphatic heterocycles. The van der Waals surface area contributed by atoms with E-state index in [1.54, 1.807) is 0 Å². The first-order valence-corrected chi connectivity index (χ1v) is 9.81. The van der Waals surface area contributed by atoms with E-state index in [1.807, 2.05) is 38.1 Å². The first kappa shape index (κ1) is 21.2. The molecule has 0 saturated carbocycles. The molecule has 7 nitrogen and oxygen atoms in total. The van der Waals surface area contributed by atoms with Crippen LogP contribution in [0.1, 0.15) is 42.6 Å². The average molecular weight is 377 g/mol. The lowest BCUT2D eigenvalue weighted by Gasteiger charge is -2.12. The smallest absolute Gasteiger partial charge is 0.251 e. The Labute approximate surface area is 161 Å². The minimum absolute atomic E-state index is 0.0712. The Kier molecular flexibility index (Phi) is 9.65. The number of carbonyl (C=O) groups excluding carboxylic acids is 1. The van der Waals surface area contributed by atoms with Crippen molar-refractivity contribution < 1.29 is 14.3 Å². The molecule has 1 fully saturated rings. The van der Waals surface area contributed by atoms with Gasteiger partial charge in [0.15, 0.2) is 5.96 Å². The van der Waals surface area contributed by atoms with Gasteiger partial charge in [-0.3, -0.25) is 4.79 Å². The molecule has 150 valence electrons. The summed E-state index contributed by atoms with van der Waals surface area (Å²) in [6, 6.07) is 7.58. The third kappa shape index (κ3) is 7.97. The highest BCUT2D eigenvalue weighted by Crippen LogP contribution is 2.11. The van der Waals surface area contributed by atoms with Gasteiger partial charge in [-0.05, 0) is 44.4 Å². The van der Waals surface area contributed by atoms with Crippen molar-refractivity contribution in [3.8, 4) is 0 Å². The van der Waals surface area contributed by atoms with Crippen molar-refractivity contribution in [3.05, 3.63) is 35.4 Å². The van der Waals surface area contributed by atoms with Crippen molar-refractivity contribution in [2.24, 2.45) is 4.99 Å². The van der Waals surface area contributed by atoms with Gasteiger partial charge in [0.25, 0.3) is 5.91 Å². The summed E-state index contributed by atoms with van der Waals surface area (Å²) in [5.74, 6) is 0.670. The maximum Gasteiger partial charge on any atom is 0.251 e. The SMILES string of the molecule is CCNC(=NCc1cccc(C(=O)NCC2CCCO2)c1)NCCOCC. The van der Waals surface area contributed by atoms with E-state index in [1.165, 1.54) is 0 Å². The number of hydrogen-bond acceptors (Lipinski definition) is 4. The van der Waals surface area contributed by atoms with Crippen LogP contribution in [0, 0.1) is 0 Å². The van der Waals surface area contributed by atoms with E-state index in [0.717, 1.165) is 37.5 Å². The van der Waals surface area contributed by atoms with Crippen LogP contribution >= 0.6 is 0 Å². The summed E-state index contributed by atoms with van der Waals surface area (Å²) >= 11 is 0. The molecular formula is C20H32N4O3. The molecule has 0 aromatic heterocycles. The molecule has 0 bridgehead atoms. The number of guanidine groups is 1. The lowest BCUT2D eigenvalue weighted by Crippen LogP contribution is -2.39. The van der Waals surface area contributed by atoms with E-state index in [4.69, 9.17) is 9.47 Å². The van der Waals surface area contributed by atoms with Crippen LogP contribution in [-0.4, -0.2) is 57.4 Å². The van der Waals surface area contributed by atoms with Crippen LogP contribution in [0.25, 0.3) is 0 Å². The quantitative estimate of drug-likeness (QED) is 0.329. The van der Waals surface area contributed by atoms with Crippen molar-refractivity contribution in [2.75, 3.05) is 39.5 Å². The van der Waals surface area contributed by atoms with Crippen molar-refractivity contribution >= 4 is 11.9 Å². The second-order valence-corrected chi connectivity index (χ2v) is 6.36. The summed E-state index contributed by atoms with van der Waals surface area (Å²) in [6.45, 7) is 8.69. The Hall–Kier alpha value is -2.12. The van der Waals surface area contributed by atoms with Crippen LogP contribution in [0.3, 0.4) is 0 Å². The molecule has 0 spiro atoms. The molecule has 0 radical (unpaired) electrons. The molecule has 3 N–H and O–H groups in total. The van der Waals surface area contributed by atoms with Crippen molar-refractivity contribution in [3.63, 3.8) is 0 Å². The fourth-order valence-electron chi connectivity index (χ4n) is 2.82. The summed E-state index contributed by atoms with van der Waals surface area (Å²) in [4.78, 5) is 16.9. The third-order valence-corrected chi connectivity index (χ3v) is 4.21. The zero-order valence-corrected chi connectivity index (χ0v) is 16.4. The first-order chi connectivity index (χ1) is 13.2. The van der Waals surface area contributed by atoms with Crippen LogP contribution in [0.4, 0.5) is 0 Å². The van der Waals surface area contributed by atoms with Gasteiger partial charge >= 0.3 is 0 Å². The van der Waals surface area contributed by atoms with Gasteiger partial charge in [0.05, 0.1) is 19.3 Å². The van der Waals surface area contributed by atoms with Gasteiger partial charge in [-0.2, -0.15) is 0 Å². The van der Waals surface area contributed by atoms with Gasteiger partial charge in [-0.25, -0.2) is 4.99 Å². The average Bonchev–Trinajstić information content (AvgIpc) is 3.21. The van der Waals surface area contributed by atoms with E-state index >= 15 is 0 Å². The van der Waals surface area contributed by atoms with Gasteiger partial charge < -0.3 is 25.4 Å². The van der Waals surface area contributed by atoms with Gasteiger partial charge in [-0.1, -0.05) is 12.1 Å². The number of ether oxygens (including phenoxy) is 2. The fraction of sp³-hybridized carbons (Fsp3) is 0.600. The lowest BCUT2D eigenvalue weighted by molar-refractivity contribution is 0.0857. The monoisotopic (exact) mass is 376 g/mol. The van der Waals surface area contributed by atoms with Crippen LogP contribution < -0.4 is 16.0 Å². The highest BCUT2D eigenvalue weighted by molar-refractivity contribution is 5.94. The second-order valence-electron chi connectivity index (χ2n) is 6.36. The standard InChI is InChI=1S/C20H32N4O3/c1-3-21-20(22-10-12-26-4-2)24-14-16-7-5-8-17(13-16)19(25)23-15-18-9-6-11-27-18/h5,7-8,13,18H,3-4,6,9-12,14-15H2,1-2H3,(H,23,25)(H2,21,22,24). The number of rotatable bonds is 10. The normalized spacial score (nSPS) is 17.0. The van der Waals surface area contributed by atoms with Gasteiger partial charge in [-0.15, -0.1) is 0 Å². The minimum atomic E-state index is -0.0712. The number of benzene rings is 1. The predicted octanol–water partition coefficient (Wildman–Crippen LogP) is 1.69. The van der Waals surface area contributed by atoms with Crippen LogP contribution in [-0.2, 0) is 16.0 Å². The Morgan fingerprint density at radius 2 is 2.19 bits per heavy atom.